The zero-order valence-corrected chi connectivity index (χ0v) is 15.2. The largest absolute Gasteiger partial charge is 0.491 e. The van der Waals surface area contributed by atoms with Gasteiger partial charge in [-0.05, 0) is 45.0 Å². The lowest BCUT2D eigenvalue weighted by molar-refractivity contribution is -0.118. The summed E-state index contributed by atoms with van der Waals surface area (Å²) in [5.74, 6) is 0.705. The third-order valence-corrected chi connectivity index (χ3v) is 4.37. The quantitative estimate of drug-likeness (QED) is 0.725. The molecule has 1 atom stereocenters. The van der Waals surface area contributed by atoms with Crippen LogP contribution < -0.4 is 10.1 Å². The fraction of sp³-hybridized carbons (Fsp3) is 0.278. The van der Waals surface area contributed by atoms with E-state index in [0.29, 0.717) is 5.13 Å². The third-order valence-electron chi connectivity index (χ3n) is 3.61. The maximum absolute atomic E-state index is 12.3. The number of thiazole rings is 1. The number of carbonyl (C=O) groups is 1. The molecular weight excluding hydrogens is 336 g/mol. The van der Waals surface area contributed by atoms with Gasteiger partial charge in [-0.3, -0.25) is 4.79 Å². The van der Waals surface area contributed by atoms with Crippen molar-refractivity contribution in [3.63, 3.8) is 0 Å². The van der Waals surface area contributed by atoms with Crippen molar-refractivity contribution in [3.8, 4) is 17.0 Å². The van der Waals surface area contributed by atoms with Gasteiger partial charge in [0, 0.05) is 23.3 Å². The molecule has 1 aromatic carbocycles. The van der Waals surface area contributed by atoms with Crippen LogP contribution in [-0.2, 0) is 4.79 Å². The van der Waals surface area contributed by atoms with Crippen molar-refractivity contribution < 1.29 is 9.53 Å². The Morgan fingerprint density at radius 3 is 2.64 bits per heavy atom. The van der Waals surface area contributed by atoms with Gasteiger partial charge in [0.25, 0.3) is 0 Å². The first kappa shape index (κ1) is 17.2. The molecule has 1 amide bonds. The molecule has 0 aliphatic heterocycles. The Labute approximate surface area is 150 Å². The zero-order chi connectivity index (χ0) is 17.8. The monoisotopic (exact) mass is 356 g/mol. The van der Waals surface area contributed by atoms with E-state index in [2.05, 4.69) is 15.3 Å². The zero-order valence-electron chi connectivity index (χ0n) is 14.3. The molecule has 0 spiro atoms. The molecule has 0 aliphatic rings. The lowest BCUT2D eigenvalue weighted by atomic mass is 10.2. The van der Waals surface area contributed by atoms with Crippen LogP contribution in [0.5, 0.6) is 5.75 Å². The van der Waals surface area contributed by atoms with E-state index in [-0.39, 0.29) is 18.1 Å². The van der Waals surface area contributed by atoms with Gasteiger partial charge in [-0.25, -0.2) is 9.97 Å². The van der Waals surface area contributed by atoms with Crippen molar-refractivity contribution in [2.75, 3.05) is 5.32 Å². The molecule has 0 unspecified atom stereocenters. The summed E-state index contributed by atoms with van der Waals surface area (Å²) in [7, 11) is 0. The number of nitrogens with one attached hydrogen (secondary N) is 1. The van der Waals surface area contributed by atoms with E-state index in [9.17, 15) is 4.79 Å². The highest BCUT2D eigenvalue weighted by Gasteiger charge is 2.16. The predicted molar refractivity (Wildman–Crippen MR) is 98.9 cm³/mol. The molecule has 3 aromatic rings. The molecule has 25 heavy (non-hydrogen) atoms. The minimum absolute atomic E-state index is 0.125. The lowest BCUT2D eigenvalue weighted by Crippen LogP contribution is -2.22. The minimum atomic E-state index is -0.345. The number of aromatic nitrogens is 3. The molecule has 2 heterocycles. The number of hydrogen-bond acceptors (Lipinski definition) is 5. The Hall–Kier alpha value is -2.67. The van der Waals surface area contributed by atoms with Gasteiger partial charge >= 0.3 is 0 Å². The Morgan fingerprint density at radius 2 is 2.00 bits per heavy atom. The summed E-state index contributed by atoms with van der Waals surface area (Å²) in [5.41, 5.74) is 1.81. The predicted octanol–water partition coefficient (Wildman–Crippen LogP) is 3.99. The summed E-state index contributed by atoms with van der Waals surface area (Å²) in [4.78, 5) is 20.8. The highest BCUT2D eigenvalue weighted by molar-refractivity contribution is 7.14. The van der Waals surface area contributed by atoms with Gasteiger partial charge in [0.2, 0.25) is 5.91 Å². The third kappa shape index (κ3) is 4.24. The van der Waals surface area contributed by atoms with Crippen LogP contribution in [0, 0.1) is 0 Å². The fourth-order valence-electron chi connectivity index (χ4n) is 2.28. The van der Waals surface area contributed by atoms with Crippen LogP contribution in [0.2, 0.25) is 0 Å². The maximum Gasteiger partial charge on any atom is 0.248 e. The standard InChI is InChI=1S/C18H20N4O2S/c1-12(2)24-15-6-4-14(5-7-15)16-10-25-18(20-16)21-17(23)13(3)22-9-8-19-11-22/h4-13H,1-3H3,(H,20,21,23)/t13-/m1/s1. The lowest BCUT2D eigenvalue weighted by Gasteiger charge is -2.11. The number of nitrogens with zero attached hydrogens (tertiary/aromatic N) is 3. The molecule has 0 aliphatic carbocycles. The number of carbonyl (C=O) groups excluding carboxylic acids is 1. The Morgan fingerprint density at radius 1 is 1.24 bits per heavy atom. The number of anilines is 1. The molecule has 0 saturated carbocycles. The van der Waals surface area contributed by atoms with Crippen molar-refractivity contribution in [1.29, 1.82) is 0 Å². The van der Waals surface area contributed by atoms with Crippen LogP contribution >= 0.6 is 11.3 Å². The second kappa shape index (κ2) is 7.48. The Kier molecular flexibility index (Phi) is 5.14. The molecule has 0 radical (unpaired) electrons. The van der Waals surface area contributed by atoms with Crippen molar-refractivity contribution in [1.82, 2.24) is 14.5 Å². The van der Waals surface area contributed by atoms with Gasteiger partial charge in [0.1, 0.15) is 11.8 Å². The van der Waals surface area contributed by atoms with E-state index >= 15 is 0 Å². The molecule has 7 heteroatoms. The molecular formula is C18H20N4O2S. The van der Waals surface area contributed by atoms with Gasteiger partial charge in [-0.15, -0.1) is 11.3 Å². The van der Waals surface area contributed by atoms with Crippen LogP contribution in [0.3, 0.4) is 0 Å². The van der Waals surface area contributed by atoms with Crippen molar-refractivity contribution >= 4 is 22.4 Å². The van der Waals surface area contributed by atoms with E-state index in [1.54, 1.807) is 23.3 Å². The minimum Gasteiger partial charge on any atom is -0.491 e. The average molecular weight is 356 g/mol. The number of amides is 1. The fourth-order valence-corrected chi connectivity index (χ4v) is 3.01. The first-order valence-electron chi connectivity index (χ1n) is 8.04. The molecule has 0 saturated heterocycles. The van der Waals surface area contributed by atoms with Gasteiger partial charge in [-0.2, -0.15) is 0 Å². The number of ether oxygens (including phenoxy) is 1. The Balaban J connectivity index is 1.67. The van der Waals surface area contributed by atoms with Crippen LogP contribution in [0.4, 0.5) is 5.13 Å². The topological polar surface area (TPSA) is 69.0 Å². The maximum atomic E-state index is 12.3. The van der Waals surface area contributed by atoms with Crippen LogP contribution in [0.1, 0.15) is 26.8 Å². The van der Waals surface area contributed by atoms with Crippen LogP contribution in [-0.4, -0.2) is 26.5 Å². The van der Waals surface area contributed by atoms with Crippen LogP contribution in [0.25, 0.3) is 11.3 Å². The number of imidazole rings is 1. The summed E-state index contributed by atoms with van der Waals surface area (Å²) in [6.07, 6.45) is 5.18. The summed E-state index contributed by atoms with van der Waals surface area (Å²) < 4.78 is 7.39. The number of benzene rings is 1. The SMILES string of the molecule is CC(C)Oc1ccc(-c2csc(NC(=O)[C@@H](C)n3ccnc3)n2)cc1. The highest BCUT2D eigenvalue weighted by atomic mass is 32.1. The van der Waals surface area contributed by atoms with Gasteiger partial charge < -0.3 is 14.6 Å². The van der Waals surface area contributed by atoms with E-state index in [0.717, 1.165) is 17.0 Å². The highest BCUT2D eigenvalue weighted by Crippen LogP contribution is 2.27. The molecule has 1 N–H and O–H groups in total. The number of hydrogen-bond donors (Lipinski definition) is 1. The van der Waals surface area contributed by atoms with E-state index in [4.69, 9.17) is 4.74 Å². The average Bonchev–Trinajstić information content (AvgIpc) is 3.26. The summed E-state index contributed by atoms with van der Waals surface area (Å²) in [5, 5.41) is 5.36. The van der Waals surface area contributed by atoms with Gasteiger partial charge in [-0.1, -0.05) is 0 Å². The van der Waals surface area contributed by atoms with Gasteiger partial charge in [0.05, 0.1) is 18.1 Å². The molecule has 0 fully saturated rings. The number of rotatable bonds is 6. The summed E-state index contributed by atoms with van der Waals surface area (Å²) >= 11 is 1.40. The smallest absolute Gasteiger partial charge is 0.248 e. The first-order valence-corrected chi connectivity index (χ1v) is 8.92. The molecule has 130 valence electrons. The van der Waals surface area contributed by atoms with Crippen molar-refractivity contribution in [3.05, 3.63) is 48.4 Å². The molecule has 6 nitrogen and oxygen atoms in total. The molecule has 2 aromatic heterocycles. The molecule has 0 bridgehead atoms. The second-order valence-electron chi connectivity index (χ2n) is 5.90. The second-order valence-corrected chi connectivity index (χ2v) is 6.76. The Bertz CT molecular complexity index is 825. The van der Waals surface area contributed by atoms with Crippen molar-refractivity contribution in [2.45, 2.75) is 32.9 Å². The summed E-state index contributed by atoms with van der Waals surface area (Å²) in [6, 6.07) is 7.43. The van der Waals surface area contributed by atoms with Crippen molar-refractivity contribution in [2.24, 2.45) is 0 Å². The van der Waals surface area contributed by atoms with Crippen LogP contribution in [0.15, 0.2) is 48.4 Å². The van der Waals surface area contributed by atoms with E-state index in [1.807, 2.05) is 50.4 Å². The first-order chi connectivity index (χ1) is 12.0. The summed E-state index contributed by atoms with van der Waals surface area (Å²) in [6.45, 7) is 5.81. The normalized spacial score (nSPS) is 12.2. The van der Waals surface area contributed by atoms with Gasteiger partial charge in [0.15, 0.2) is 5.13 Å². The van der Waals surface area contributed by atoms with E-state index in [1.165, 1.54) is 11.3 Å². The molecule has 3 rings (SSSR count). The van der Waals surface area contributed by atoms with E-state index < -0.39 is 0 Å².